The Kier molecular flexibility index (Phi) is 4.15. The van der Waals surface area contributed by atoms with Crippen molar-refractivity contribution < 1.29 is 14.7 Å². The van der Waals surface area contributed by atoms with Crippen molar-refractivity contribution in [1.82, 2.24) is 10.4 Å². The van der Waals surface area contributed by atoms with Gasteiger partial charge in [-0.1, -0.05) is 23.7 Å². The summed E-state index contributed by atoms with van der Waals surface area (Å²) in [5, 5.41) is 10.3. The van der Waals surface area contributed by atoms with E-state index in [1.165, 1.54) is 17.1 Å². The number of phenols is 1. The molecule has 5 nitrogen and oxygen atoms in total. The molecule has 1 fully saturated rings. The average molecular weight is 351 g/mol. The van der Waals surface area contributed by atoms with Crippen LogP contribution < -0.4 is 5.43 Å². The van der Waals surface area contributed by atoms with Crippen LogP contribution in [0.4, 0.5) is 0 Å². The van der Waals surface area contributed by atoms with Crippen molar-refractivity contribution in [2.24, 2.45) is 0 Å². The van der Waals surface area contributed by atoms with Gasteiger partial charge in [0, 0.05) is 10.6 Å². The molecular weight excluding hydrogens is 339 g/mol. The third-order valence-electron chi connectivity index (χ3n) is 3.59. The summed E-state index contributed by atoms with van der Waals surface area (Å²) in [6, 6.07) is 12.1. The van der Waals surface area contributed by atoms with Crippen molar-refractivity contribution in [3.05, 3.63) is 64.7 Å². The predicted molar refractivity (Wildman–Crippen MR) is 86.3 cm³/mol. The summed E-state index contributed by atoms with van der Waals surface area (Å²) < 4.78 is 0. The number of aromatic hydroxyl groups is 1. The number of rotatable bonds is 3. The standard InChI is InChI=1S/C16H12Cl2N2O3/c17-11-5-1-10(2-6-11)15(22)19-20-14(13(18)16(20)23)9-3-7-12(21)8-4-9/h1-8,13-14,21H,(H,19,22)/t13-,14-/m0/s1. The van der Waals surface area contributed by atoms with Crippen LogP contribution in [-0.4, -0.2) is 27.3 Å². The van der Waals surface area contributed by atoms with E-state index in [0.717, 1.165) is 5.56 Å². The van der Waals surface area contributed by atoms with Crippen molar-refractivity contribution in [3.8, 4) is 5.75 Å². The van der Waals surface area contributed by atoms with Crippen molar-refractivity contribution in [3.63, 3.8) is 0 Å². The molecule has 1 aliphatic heterocycles. The zero-order valence-corrected chi connectivity index (χ0v) is 13.3. The van der Waals surface area contributed by atoms with Crippen molar-refractivity contribution >= 4 is 35.0 Å². The number of hydrogen-bond donors (Lipinski definition) is 2. The molecule has 118 valence electrons. The first-order chi connectivity index (χ1) is 11.0. The summed E-state index contributed by atoms with van der Waals surface area (Å²) in [6.45, 7) is 0. The summed E-state index contributed by atoms with van der Waals surface area (Å²) in [5.41, 5.74) is 3.65. The maximum Gasteiger partial charge on any atom is 0.269 e. The maximum atomic E-state index is 12.2. The second-order valence-electron chi connectivity index (χ2n) is 5.09. The van der Waals surface area contributed by atoms with Gasteiger partial charge in [-0.05, 0) is 42.0 Å². The third-order valence-corrected chi connectivity index (χ3v) is 4.27. The van der Waals surface area contributed by atoms with Crippen LogP contribution >= 0.6 is 23.2 Å². The van der Waals surface area contributed by atoms with E-state index in [1.54, 1.807) is 36.4 Å². The Morgan fingerprint density at radius 3 is 2.30 bits per heavy atom. The highest BCUT2D eigenvalue weighted by atomic mass is 35.5. The first-order valence-electron chi connectivity index (χ1n) is 6.80. The number of hydrazine groups is 1. The number of hydrogen-bond acceptors (Lipinski definition) is 3. The molecule has 2 amide bonds. The van der Waals surface area contributed by atoms with Crippen LogP contribution in [0.1, 0.15) is 22.0 Å². The fraction of sp³-hybridized carbons (Fsp3) is 0.125. The molecule has 1 aliphatic rings. The van der Waals surface area contributed by atoms with Gasteiger partial charge in [0.15, 0.2) is 0 Å². The molecule has 0 saturated carbocycles. The van der Waals surface area contributed by atoms with Crippen molar-refractivity contribution in [1.29, 1.82) is 0 Å². The fourth-order valence-electron chi connectivity index (χ4n) is 2.34. The lowest BCUT2D eigenvalue weighted by atomic mass is 9.95. The first-order valence-corrected chi connectivity index (χ1v) is 7.61. The highest BCUT2D eigenvalue weighted by molar-refractivity contribution is 6.33. The van der Waals surface area contributed by atoms with Gasteiger partial charge in [-0.15, -0.1) is 11.6 Å². The highest BCUT2D eigenvalue weighted by Gasteiger charge is 2.48. The lowest BCUT2D eigenvalue weighted by Crippen LogP contribution is -2.63. The number of amides is 2. The summed E-state index contributed by atoms with van der Waals surface area (Å²) >= 11 is 11.8. The number of carbonyl (C=O) groups excluding carboxylic acids is 2. The fourth-order valence-corrected chi connectivity index (χ4v) is 2.83. The Labute approximate surface area is 142 Å². The minimum absolute atomic E-state index is 0.113. The molecule has 2 aromatic rings. The van der Waals surface area contributed by atoms with Gasteiger partial charge in [-0.25, -0.2) is 5.01 Å². The molecule has 0 radical (unpaired) electrons. The van der Waals surface area contributed by atoms with E-state index in [1.807, 2.05) is 0 Å². The Morgan fingerprint density at radius 2 is 1.70 bits per heavy atom. The van der Waals surface area contributed by atoms with E-state index in [9.17, 15) is 14.7 Å². The van der Waals surface area contributed by atoms with Crippen LogP contribution in [0.15, 0.2) is 48.5 Å². The van der Waals surface area contributed by atoms with E-state index in [-0.39, 0.29) is 11.7 Å². The van der Waals surface area contributed by atoms with Gasteiger partial charge in [0.05, 0.1) is 0 Å². The van der Waals surface area contributed by atoms with Gasteiger partial charge in [-0.2, -0.15) is 0 Å². The average Bonchev–Trinajstić information content (AvgIpc) is 2.56. The normalized spacial score (nSPS) is 20.1. The molecule has 0 aromatic heterocycles. The zero-order chi connectivity index (χ0) is 16.6. The zero-order valence-electron chi connectivity index (χ0n) is 11.7. The van der Waals surface area contributed by atoms with Gasteiger partial charge < -0.3 is 5.11 Å². The second kappa shape index (κ2) is 6.10. The van der Waals surface area contributed by atoms with Crippen molar-refractivity contribution in [2.45, 2.75) is 11.4 Å². The molecule has 2 atom stereocenters. The van der Waals surface area contributed by atoms with E-state index in [2.05, 4.69) is 5.43 Å². The molecule has 1 heterocycles. The SMILES string of the molecule is O=C(NN1C(=O)[C@@H](Cl)[C@@H]1c1ccc(O)cc1)c1ccc(Cl)cc1. The summed E-state index contributed by atoms with van der Waals surface area (Å²) in [6.07, 6.45) is 0. The molecule has 2 N–H and O–H groups in total. The van der Waals surface area contributed by atoms with Crippen LogP contribution in [0.5, 0.6) is 5.75 Å². The van der Waals surface area contributed by atoms with Crippen LogP contribution in [0.2, 0.25) is 5.02 Å². The molecule has 0 spiro atoms. The summed E-state index contributed by atoms with van der Waals surface area (Å²) in [4.78, 5) is 24.2. The van der Waals surface area contributed by atoms with Gasteiger partial charge >= 0.3 is 0 Å². The summed E-state index contributed by atoms with van der Waals surface area (Å²) in [5.74, 6) is -0.698. The van der Waals surface area contributed by atoms with Crippen LogP contribution in [0.3, 0.4) is 0 Å². The Bertz CT molecular complexity index is 747. The molecular formula is C16H12Cl2N2O3. The summed E-state index contributed by atoms with van der Waals surface area (Å²) in [7, 11) is 0. The topological polar surface area (TPSA) is 69.6 Å². The molecule has 0 bridgehead atoms. The van der Waals surface area contributed by atoms with Crippen LogP contribution in [0, 0.1) is 0 Å². The molecule has 0 unspecified atom stereocenters. The minimum atomic E-state index is -0.759. The quantitative estimate of drug-likeness (QED) is 0.660. The number of benzene rings is 2. The first kappa shape index (κ1) is 15.6. The minimum Gasteiger partial charge on any atom is -0.508 e. The predicted octanol–water partition coefficient (Wildman–Crippen LogP) is 2.88. The molecule has 7 heteroatoms. The van der Waals surface area contributed by atoms with E-state index in [4.69, 9.17) is 23.2 Å². The lowest BCUT2D eigenvalue weighted by molar-refractivity contribution is -0.149. The molecule has 1 saturated heterocycles. The van der Waals surface area contributed by atoms with Crippen LogP contribution in [-0.2, 0) is 4.79 Å². The molecule has 3 rings (SSSR count). The Morgan fingerprint density at radius 1 is 1.09 bits per heavy atom. The number of β-lactam (4-membered cyclic amide) rings is 1. The van der Waals surface area contributed by atoms with Gasteiger partial charge in [-0.3, -0.25) is 15.0 Å². The molecule has 2 aromatic carbocycles. The molecule has 23 heavy (non-hydrogen) atoms. The van der Waals surface area contributed by atoms with E-state index < -0.39 is 17.3 Å². The number of alkyl halides is 1. The largest absolute Gasteiger partial charge is 0.508 e. The lowest BCUT2D eigenvalue weighted by Gasteiger charge is -2.43. The number of nitrogens with one attached hydrogen (secondary N) is 1. The Balaban J connectivity index is 1.77. The van der Waals surface area contributed by atoms with Gasteiger partial charge in [0.25, 0.3) is 11.8 Å². The van der Waals surface area contributed by atoms with Crippen LogP contribution in [0.25, 0.3) is 0 Å². The monoisotopic (exact) mass is 350 g/mol. The highest BCUT2D eigenvalue weighted by Crippen LogP contribution is 2.37. The van der Waals surface area contributed by atoms with E-state index in [0.29, 0.717) is 10.6 Å². The second-order valence-corrected chi connectivity index (χ2v) is 6.00. The molecule has 0 aliphatic carbocycles. The number of carbonyl (C=O) groups is 2. The van der Waals surface area contributed by atoms with Gasteiger partial charge in [0.1, 0.15) is 17.2 Å². The van der Waals surface area contributed by atoms with Crippen molar-refractivity contribution in [2.75, 3.05) is 0 Å². The number of phenolic OH excluding ortho intramolecular Hbond substituents is 1. The third kappa shape index (κ3) is 2.98. The van der Waals surface area contributed by atoms with Gasteiger partial charge in [0.2, 0.25) is 0 Å². The smallest absolute Gasteiger partial charge is 0.269 e. The maximum absolute atomic E-state index is 12.2. The van der Waals surface area contributed by atoms with E-state index >= 15 is 0 Å². The number of nitrogens with zero attached hydrogens (tertiary/aromatic N) is 1. The number of halogens is 2. The Hall–Kier alpha value is -2.24.